The van der Waals surface area contributed by atoms with Crippen molar-refractivity contribution in [2.45, 2.75) is 13.3 Å². The maximum atomic E-state index is 12.5. The van der Waals surface area contributed by atoms with Crippen molar-refractivity contribution in [2.24, 2.45) is 0 Å². The van der Waals surface area contributed by atoms with Crippen molar-refractivity contribution < 1.29 is 9.53 Å². The standard InChI is InChI=1S/C20H19ClN4O2/c1-3-13-6-4-5-7-16(13)25-19-11-17(22-12-23-19)20(26)24-14-8-9-18(27-2)15(21)10-14/h4-12H,3H2,1-2H3,(H,24,26)(H,22,23,25). The quantitative estimate of drug-likeness (QED) is 0.646. The summed E-state index contributed by atoms with van der Waals surface area (Å²) in [5.74, 6) is 0.729. The number of anilines is 3. The van der Waals surface area contributed by atoms with Crippen LogP contribution >= 0.6 is 11.6 Å². The van der Waals surface area contributed by atoms with E-state index in [0.717, 1.165) is 17.7 Å². The Balaban J connectivity index is 1.76. The summed E-state index contributed by atoms with van der Waals surface area (Å²) in [6.07, 6.45) is 2.24. The first-order valence-corrected chi connectivity index (χ1v) is 8.80. The third-order valence-electron chi connectivity index (χ3n) is 3.97. The summed E-state index contributed by atoms with van der Waals surface area (Å²) in [7, 11) is 1.53. The lowest BCUT2D eigenvalue weighted by molar-refractivity contribution is 0.102. The Morgan fingerprint density at radius 2 is 1.96 bits per heavy atom. The summed E-state index contributed by atoms with van der Waals surface area (Å²) >= 11 is 6.09. The molecule has 0 atom stereocenters. The van der Waals surface area contributed by atoms with Crippen LogP contribution in [0.3, 0.4) is 0 Å². The molecular formula is C20H19ClN4O2. The Morgan fingerprint density at radius 1 is 1.15 bits per heavy atom. The van der Waals surface area contributed by atoms with Gasteiger partial charge < -0.3 is 15.4 Å². The predicted octanol–water partition coefficient (Wildman–Crippen LogP) is 4.70. The van der Waals surface area contributed by atoms with Crippen molar-refractivity contribution in [3.8, 4) is 5.75 Å². The molecule has 0 saturated heterocycles. The Morgan fingerprint density at radius 3 is 2.70 bits per heavy atom. The van der Waals surface area contributed by atoms with E-state index in [2.05, 4.69) is 27.5 Å². The highest BCUT2D eigenvalue weighted by molar-refractivity contribution is 6.32. The van der Waals surface area contributed by atoms with Gasteiger partial charge in [0.1, 0.15) is 23.6 Å². The maximum Gasteiger partial charge on any atom is 0.274 e. The molecule has 0 spiro atoms. The maximum absolute atomic E-state index is 12.5. The van der Waals surface area contributed by atoms with Crippen molar-refractivity contribution in [3.63, 3.8) is 0 Å². The fraction of sp³-hybridized carbons (Fsp3) is 0.150. The predicted molar refractivity (Wildman–Crippen MR) is 107 cm³/mol. The average molecular weight is 383 g/mol. The third-order valence-corrected chi connectivity index (χ3v) is 4.27. The molecule has 0 aliphatic rings. The van der Waals surface area contributed by atoms with E-state index in [9.17, 15) is 4.79 Å². The molecule has 0 saturated carbocycles. The van der Waals surface area contributed by atoms with Gasteiger partial charge in [0.05, 0.1) is 12.1 Å². The molecule has 1 amide bonds. The van der Waals surface area contributed by atoms with E-state index in [1.165, 1.54) is 13.4 Å². The summed E-state index contributed by atoms with van der Waals surface area (Å²) in [6.45, 7) is 2.08. The Kier molecular flexibility index (Phi) is 5.88. The molecular weight excluding hydrogens is 364 g/mol. The van der Waals surface area contributed by atoms with Gasteiger partial charge in [-0.25, -0.2) is 9.97 Å². The van der Waals surface area contributed by atoms with Crippen LogP contribution in [0.15, 0.2) is 54.9 Å². The summed E-state index contributed by atoms with van der Waals surface area (Å²) in [5.41, 5.74) is 2.91. The third kappa shape index (κ3) is 4.54. The molecule has 0 fully saturated rings. The molecule has 0 radical (unpaired) electrons. The van der Waals surface area contributed by atoms with E-state index in [4.69, 9.17) is 16.3 Å². The minimum atomic E-state index is -0.356. The van der Waals surface area contributed by atoms with Gasteiger partial charge in [0.2, 0.25) is 0 Å². The highest BCUT2D eigenvalue weighted by Gasteiger charge is 2.11. The van der Waals surface area contributed by atoms with Crippen molar-refractivity contribution >= 4 is 34.7 Å². The van der Waals surface area contributed by atoms with Crippen LogP contribution in [0.1, 0.15) is 23.0 Å². The Bertz CT molecular complexity index is 962. The first-order chi connectivity index (χ1) is 13.1. The molecule has 2 N–H and O–H groups in total. The molecule has 0 aliphatic carbocycles. The van der Waals surface area contributed by atoms with Gasteiger partial charge in [0.25, 0.3) is 5.91 Å². The van der Waals surface area contributed by atoms with Crippen LogP contribution in [-0.4, -0.2) is 23.0 Å². The number of amides is 1. The van der Waals surface area contributed by atoms with E-state index < -0.39 is 0 Å². The first kappa shape index (κ1) is 18.7. The molecule has 0 bridgehead atoms. The Labute approximate surface area is 162 Å². The topological polar surface area (TPSA) is 76.1 Å². The van der Waals surface area contributed by atoms with Crippen molar-refractivity contribution in [3.05, 3.63) is 71.1 Å². The number of methoxy groups -OCH3 is 1. The average Bonchev–Trinajstić information content (AvgIpc) is 2.69. The van der Waals surface area contributed by atoms with Crippen LogP contribution in [0.5, 0.6) is 5.75 Å². The molecule has 0 aliphatic heterocycles. The molecule has 6 nitrogen and oxygen atoms in total. The van der Waals surface area contributed by atoms with Crippen LogP contribution in [0.2, 0.25) is 5.02 Å². The fourth-order valence-corrected chi connectivity index (χ4v) is 2.84. The first-order valence-electron chi connectivity index (χ1n) is 8.42. The van der Waals surface area contributed by atoms with Gasteiger partial charge in [0, 0.05) is 17.4 Å². The van der Waals surface area contributed by atoms with Crippen molar-refractivity contribution in [2.75, 3.05) is 17.7 Å². The number of para-hydroxylation sites is 1. The number of nitrogens with zero attached hydrogens (tertiary/aromatic N) is 2. The molecule has 3 rings (SSSR count). The number of nitrogens with one attached hydrogen (secondary N) is 2. The van der Waals surface area contributed by atoms with Crippen LogP contribution < -0.4 is 15.4 Å². The lowest BCUT2D eigenvalue weighted by atomic mass is 10.1. The molecule has 7 heteroatoms. The number of carbonyl (C=O) groups excluding carboxylic acids is 1. The van der Waals surface area contributed by atoms with Gasteiger partial charge in [-0.1, -0.05) is 36.7 Å². The number of hydrogen-bond acceptors (Lipinski definition) is 5. The normalized spacial score (nSPS) is 10.3. The van der Waals surface area contributed by atoms with Crippen LogP contribution in [0, 0.1) is 0 Å². The van der Waals surface area contributed by atoms with Crippen molar-refractivity contribution in [1.29, 1.82) is 0 Å². The second kappa shape index (κ2) is 8.51. The number of carbonyl (C=O) groups is 1. The Hall–Kier alpha value is -3.12. The minimum absolute atomic E-state index is 0.244. The number of halogens is 1. The van der Waals surface area contributed by atoms with Crippen LogP contribution in [0.4, 0.5) is 17.2 Å². The fourth-order valence-electron chi connectivity index (χ4n) is 2.58. The number of benzene rings is 2. The van der Waals surface area contributed by atoms with Crippen LogP contribution in [-0.2, 0) is 6.42 Å². The van der Waals surface area contributed by atoms with Gasteiger partial charge in [-0.3, -0.25) is 4.79 Å². The lowest BCUT2D eigenvalue weighted by Crippen LogP contribution is -2.14. The number of aryl methyl sites for hydroxylation is 1. The zero-order chi connectivity index (χ0) is 19.2. The van der Waals surface area contributed by atoms with Crippen LogP contribution in [0.25, 0.3) is 0 Å². The lowest BCUT2D eigenvalue weighted by Gasteiger charge is -2.11. The molecule has 3 aromatic rings. The van der Waals surface area contributed by atoms with Gasteiger partial charge >= 0.3 is 0 Å². The second-order valence-electron chi connectivity index (χ2n) is 5.73. The summed E-state index contributed by atoms with van der Waals surface area (Å²) in [5, 5.41) is 6.42. The summed E-state index contributed by atoms with van der Waals surface area (Å²) in [6, 6.07) is 14.6. The van der Waals surface area contributed by atoms with E-state index in [1.54, 1.807) is 24.3 Å². The highest BCUT2D eigenvalue weighted by Crippen LogP contribution is 2.27. The zero-order valence-electron chi connectivity index (χ0n) is 15.0. The SMILES string of the molecule is CCc1ccccc1Nc1cc(C(=O)Nc2ccc(OC)c(Cl)c2)ncn1. The molecule has 27 heavy (non-hydrogen) atoms. The van der Waals surface area contributed by atoms with E-state index in [-0.39, 0.29) is 11.6 Å². The van der Waals surface area contributed by atoms with Gasteiger partial charge in [0.15, 0.2) is 0 Å². The minimum Gasteiger partial charge on any atom is -0.495 e. The second-order valence-corrected chi connectivity index (χ2v) is 6.13. The zero-order valence-corrected chi connectivity index (χ0v) is 15.7. The van der Waals surface area contributed by atoms with Crippen molar-refractivity contribution in [1.82, 2.24) is 9.97 Å². The molecule has 2 aromatic carbocycles. The van der Waals surface area contributed by atoms with Gasteiger partial charge in [-0.2, -0.15) is 0 Å². The molecule has 138 valence electrons. The highest BCUT2D eigenvalue weighted by atomic mass is 35.5. The van der Waals surface area contributed by atoms with E-state index in [0.29, 0.717) is 22.3 Å². The number of ether oxygens (including phenoxy) is 1. The smallest absolute Gasteiger partial charge is 0.274 e. The molecule has 1 aromatic heterocycles. The van der Waals surface area contributed by atoms with Gasteiger partial charge in [-0.15, -0.1) is 0 Å². The largest absolute Gasteiger partial charge is 0.495 e. The van der Waals surface area contributed by atoms with E-state index >= 15 is 0 Å². The van der Waals surface area contributed by atoms with Gasteiger partial charge in [-0.05, 0) is 36.2 Å². The number of rotatable bonds is 6. The summed E-state index contributed by atoms with van der Waals surface area (Å²) < 4.78 is 5.11. The molecule has 0 unspecified atom stereocenters. The number of aromatic nitrogens is 2. The number of hydrogen-bond donors (Lipinski definition) is 2. The monoisotopic (exact) mass is 382 g/mol. The molecule has 1 heterocycles. The summed E-state index contributed by atoms with van der Waals surface area (Å²) in [4.78, 5) is 20.8. The van der Waals surface area contributed by atoms with E-state index in [1.807, 2.05) is 24.3 Å².